The molecular weight excluding hydrogens is 176 g/mol. The molecule has 0 aromatic rings. The molecule has 0 aromatic heterocycles. The lowest BCUT2D eigenvalue weighted by molar-refractivity contribution is -0.134. The molecule has 0 amide bonds. The molecule has 0 saturated heterocycles. The van der Waals surface area contributed by atoms with Crippen molar-refractivity contribution in [3.05, 3.63) is 12.2 Å². The van der Waals surface area contributed by atoms with Gasteiger partial charge in [-0.15, -0.1) is 0 Å². The fourth-order valence-corrected chi connectivity index (χ4v) is 2.39. The number of carboxylic acids is 1. The van der Waals surface area contributed by atoms with Crippen molar-refractivity contribution >= 4 is 5.97 Å². The van der Waals surface area contributed by atoms with Gasteiger partial charge in [-0.1, -0.05) is 33.8 Å². The zero-order chi connectivity index (χ0) is 10.9. The Balaban J connectivity index is 2.82. The SMILES string of the molecule is C=C(C(=O)O)C1CC(C)CCC1(C)C. The maximum atomic E-state index is 10.9. The van der Waals surface area contributed by atoms with E-state index in [0.29, 0.717) is 11.5 Å². The van der Waals surface area contributed by atoms with Gasteiger partial charge in [-0.05, 0) is 30.1 Å². The number of carboxylic acid groups (broad SMARTS) is 1. The maximum Gasteiger partial charge on any atom is 0.331 e. The monoisotopic (exact) mass is 196 g/mol. The Hall–Kier alpha value is -0.790. The van der Waals surface area contributed by atoms with Gasteiger partial charge in [-0.3, -0.25) is 0 Å². The van der Waals surface area contributed by atoms with E-state index in [9.17, 15) is 4.79 Å². The highest BCUT2D eigenvalue weighted by molar-refractivity contribution is 5.86. The molecule has 2 atom stereocenters. The summed E-state index contributed by atoms with van der Waals surface area (Å²) in [4.78, 5) is 10.9. The van der Waals surface area contributed by atoms with Crippen molar-refractivity contribution in [1.29, 1.82) is 0 Å². The second-order valence-corrected chi connectivity index (χ2v) is 5.25. The molecule has 0 heterocycles. The predicted octanol–water partition coefficient (Wildman–Crippen LogP) is 3.09. The van der Waals surface area contributed by atoms with Gasteiger partial charge >= 0.3 is 5.97 Å². The molecule has 2 unspecified atom stereocenters. The van der Waals surface area contributed by atoms with E-state index < -0.39 is 5.97 Å². The van der Waals surface area contributed by atoms with Crippen LogP contribution in [0.25, 0.3) is 0 Å². The highest BCUT2D eigenvalue weighted by atomic mass is 16.4. The highest BCUT2D eigenvalue weighted by Gasteiger charge is 2.38. The summed E-state index contributed by atoms with van der Waals surface area (Å²) in [6.07, 6.45) is 3.28. The molecule has 0 bridgehead atoms. The van der Waals surface area contributed by atoms with E-state index in [1.165, 1.54) is 6.42 Å². The van der Waals surface area contributed by atoms with Crippen LogP contribution < -0.4 is 0 Å². The lowest BCUT2D eigenvalue weighted by atomic mass is 9.63. The van der Waals surface area contributed by atoms with Gasteiger partial charge in [0.2, 0.25) is 0 Å². The molecule has 0 aliphatic heterocycles. The number of carbonyl (C=O) groups is 1. The molecule has 1 rings (SSSR count). The maximum absolute atomic E-state index is 10.9. The van der Waals surface area contributed by atoms with Crippen LogP contribution in [0.1, 0.15) is 40.0 Å². The molecule has 2 nitrogen and oxygen atoms in total. The van der Waals surface area contributed by atoms with Crippen LogP contribution in [-0.4, -0.2) is 11.1 Å². The van der Waals surface area contributed by atoms with E-state index in [1.54, 1.807) is 0 Å². The highest BCUT2D eigenvalue weighted by Crippen LogP contribution is 2.45. The van der Waals surface area contributed by atoms with Gasteiger partial charge in [0.1, 0.15) is 0 Å². The number of hydrogen-bond donors (Lipinski definition) is 1. The quantitative estimate of drug-likeness (QED) is 0.689. The van der Waals surface area contributed by atoms with Gasteiger partial charge in [0.25, 0.3) is 0 Å². The van der Waals surface area contributed by atoms with E-state index in [-0.39, 0.29) is 11.3 Å². The Bertz CT molecular complexity index is 253. The Morgan fingerprint density at radius 2 is 2.07 bits per heavy atom. The summed E-state index contributed by atoms with van der Waals surface area (Å²) in [6, 6.07) is 0. The first-order valence-corrected chi connectivity index (χ1v) is 5.26. The van der Waals surface area contributed by atoms with Crippen molar-refractivity contribution in [2.24, 2.45) is 17.3 Å². The second-order valence-electron chi connectivity index (χ2n) is 5.25. The third-order valence-electron chi connectivity index (χ3n) is 3.56. The van der Waals surface area contributed by atoms with Gasteiger partial charge in [-0.2, -0.15) is 0 Å². The molecular formula is C12H20O2. The number of aliphatic carboxylic acids is 1. The average molecular weight is 196 g/mol. The summed E-state index contributed by atoms with van der Waals surface area (Å²) in [5, 5.41) is 8.95. The molecule has 0 aromatic carbocycles. The van der Waals surface area contributed by atoms with Crippen molar-refractivity contribution < 1.29 is 9.90 Å². The normalized spacial score (nSPS) is 31.1. The molecule has 1 fully saturated rings. The summed E-state index contributed by atoms with van der Waals surface area (Å²) >= 11 is 0. The van der Waals surface area contributed by atoms with Crippen molar-refractivity contribution in [2.75, 3.05) is 0 Å². The van der Waals surface area contributed by atoms with Gasteiger partial charge in [-0.25, -0.2) is 4.79 Å². The van der Waals surface area contributed by atoms with E-state index in [1.807, 2.05) is 0 Å². The van der Waals surface area contributed by atoms with Crippen molar-refractivity contribution in [3.8, 4) is 0 Å². The Morgan fingerprint density at radius 1 is 1.50 bits per heavy atom. The Morgan fingerprint density at radius 3 is 2.57 bits per heavy atom. The van der Waals surface area contributed by atoms with E-state index in [0.717, 1.165) is 12.8 Å². The molecule has 14 heavy (non-hydrogen) atoms. The molecule has 1 saturated carbocycles. The minimum atomic E-state index is -0.836. The van der Waals surface area contributed by atoms with E-state index >= 15 is 0 Å². The fraction of sp³-hybridized carbons (Fsp3) is 0.750. The van der Waals surface area contributed by atoms with Crippen LogP contribution in [0.2, 0.25) is 0 Å². The smallest absolute Gasteiger partial charge is 0.331 e. The van der Waals surface area contributed by atoms with Crippen LogP contribution in [-0.2, 0) is 4.79 Å². The topological polar surface area (TPSA) is 37.3 Å². The second kappa shape index (κ2) is 3.76. The summed E-state index contributed by atoms with van der Waals surface area (Å²) in [5.41, 5.74) is 0.490. The third-order valence-corrected chi connectivity index (χ3v) is 3.56. The standard InChI is InChI=1S/C12H20O2/c1-8-5-6-12(3,4)10(7-8)9(2)11(13)14/h8,10H,2,5-7H2,1,3-4H3,(H,13,14). The molecule has 1 aliphatic rings. The summed E-state index contributed by atoms with van der Waals surface area (Å²) in [7, 11) is 0. The minimum absolute atomic E-state index is 0.0992. The molecule has 0 spiro atoms. The summed E-state index contributed by atoms with van der Waals surface area (Å²) < 4.78 is 0. The van der Waals surface area contributed by atoms with Gasteiger partial charge in [0.05, 0.1) is 0 Å². The van der Waals surface area contributed by atoms with Crippen LogP contribution in [0, 0.1) is 17.3 Å². The first-order valence-electron chi connectivity index (χ1n) is 5.26. The zero-order valence-corrected chi connectivity index (χ0v) is 9.34. The number of rotatable bonds is 2. The van der Waals surface area contributed by atoms with Gasteiger partial charge in [0.15, 0.2) is 0 Å². The van der Waals surface area contributed by atoms with Crippen molar-refractivity contribution in [2.45, 2.75) is 40.0 Å². The van der Waals surface area contributed by atoms with E-state index in [2.05, 4.69) is 27.4 Å². The number of hydrogen-bond acceptors (Lipinski definition) is 1. The van der Waals surface area contributed by atoms with Crippen LogP contribution >= 0.6 is 0 Å². The fourth-order valence-electron chi connectivity index (χ4n) is 2.39. The lowest BCUT2D eigenvalue weighted by Crippen LogP contribution is -2.34. The minimum Gasteiger partial charge on any atom is -0.478 e. The van der Waals surface area contributed by atoms with Crippen LogP contribution in [0.5, 0.6) is 0 Å². The summed E-state index contributed by atoms with van der Waals surface area (Å²) in [6.45, 7) is 10.2. The van der Waals surface area contributed by atoms with Crippen molar-refractivity contribution in [3.63, 3.8) is 0 Å². The zero-order valence-electron chi connectivity index (χ0n) is 9.34. The van der Waals surface area contributed by atoms with Crippen molar-refractivity contribution in [1.82, 2.24) is 0 Å². The largest absolute Gasteiger partial charge is 0.478 e. The summed E-state index contributed by atoms with van der Waals surface area (Å²) in [5.74, 6) is -0.0648. The third kappa shape index (κ3) is 2.17. The Labute approximate surface area is 86.0 Å². The first kappa shape index (κ1) is 11.3. The first-order chi connectivity index (χ1) is 6.34. The molecule has 2 heteroatoms. The lowest BCUT2D eigenvalue weighted by Gasteiger charge is -2.41. The predicted molar refractivity (Wildman–Crippen MR) is 57.1 cm³/mol. The van der Waals surface area contributed by atoms with Crippen LogP contribution in [0.3, 0.4) is 0 Å². The molecule has 0 radical (unpaired) electrons. The average Bonchev–Trinajstić information content (AvgIpc) is 2.08. The molecule has 80 valence electrons. The van der Waals surface area contributed by atoms with Crippen LogP contribution in [0.15, 0.2) is 12.2 Å². The molecule has 1 N–H and O–H groups in total. The van der Waals surface area contributed by atoms with E-state index in [4.69, 9.17) is 5.11 Å². The van der Waals surface area contributed by atoms with Gasteiger partial charge in [0, 0.05) is 5.57 Å². The van der Waals surface area contributed by atoms with Gasteiger partial charge < -0.3 is 5.11 Å². The van der Waals surface area contributed by atoms with Crippen LogP contribution in [0.4, 0.5) is 0 Å². The Kier molecular flexibility index (Phi) is 3.03. The molecule has 1 aliphatic carbocycles.